The smallest absolute Gasteiger partial charge is 0.433 e. The standard InChI is InChI=1S/C25H16F3N7O5S/c1-13(36)29-14-4-6-17(7-5-14)40-18-10-15(9-16(11-18)35(38)39)30-23(37)22-32-24-31-19(20-3-2-8-41-20)12-21(25(26,27)28)34(24)33-22/h2-12H,1H3,(H,29,36)(H,30,37). The van der Waals surface area contributed by atoms with E-state index in [2.05, 4.69) is 25.7 Å². The lowest BCUT2D eigenvalue weighted by atomic mass is 10.2. The molecule has 208 valence electrons. The number of nitro groups is 1. The molecule has 2 amide bonds. The summed E-state index contributed by atoms with van der Waals surface area (Å²) in [6.45, 7) is 1.35. The van der Waals surface area contributed by atoms with E-state index in [0.717, 1.165) is 18.2 Å². The number of non-ortho nitro benzene ring substituents is 1. The molecule has 5 aromatic rings. The van der Waals surface area contributed by atoms with Gasteiger partial charge in [0.15, 0.2) is 5.69 Å². The Morgan fingerprint density at radius 3 is 2.39 bits per heavy atom. The van der Waals surface area contributed by atoms with Crippen molar-refractivity contribution in [1.29, 1.82) is 0 Å². The summed E-state index contributed by atoms with van der Waals surface area (Å²) < 4.78 is 47.5. The Labute approximate surface area is 231 Å². The summed E-state index contributed by atoms with van der Waals surface area (Å²) in [5, 5.41) is 21.8. The molecule has 0 aliphatic heterocycles. The van der Waals surface area contributed by atoms with Crippen LogP contribution in [0.15, 0.2) is 66.0 Å². The molecule has 0 radical (unpaired) electrons. The number of rotatable bonds is 7. The van der Waals surface area contributed by atoms with Gasteiger partial charge in [-0.15, -0.1) is 16.4 Å². The molecule has 2 N–H and O–H groups in total. The first-order chi connectivity index (χ1) is 19.5. The van der Waals surface area contributed by atoms with Crippen molar-refractivity contribution in [3.8, 4) is 22.1 Å². The van der Waals surface area contributed by atoms with E-state index in [0.29, 0.717) is 15.1 Å². The van der Waals surface area contributed by atoms with Crippen LogP contribution in [-0.4, -0.2) is 36.3 Å². The van der Waals surface area contributed by atoms with Gasteiger partial charge >= 0.3 is 6.18 Å². The van der Waals surface area contributed by atoms with Crippen LogP contribution in [0.4, 0.5) is 30.2 Å². The van der Waals surface area contributed by atoms with Crippen LogP contribution in [-0.2, 0) is 11.0 Å². The fourth-order valence-electron chi connectivity index (χ4n) is 3.67. The first kappa shape index (κ1) is 27.2. The minimum Gasteiger partial charge on any atom is -0.457 e. The van der Waals surface area contributed by atoms with Crippen molar-refractivity contribution in [2.45, 2.75) is 13.1 Å². The molecule has 0 aliphatic rings. The fourth-order valence-corrected chi connectivity index (χ4v) is 4.36. The Hall–Kier alpha value is -5.38. The lowest BCUT2D eigenvalue weighted by Crippen LogP contribution is -2.16. The Morgan fingerprint density at radius 1 is 1.00 bits per heavy atom. The summed E-state index contributed by atoms with van der Waals surface area (Å²) in [4.78, 5) is 43.3. The average molecular weight is 584 g/mol. The van der Waals surface area contributed by atoms with E-state index < -0.39 is 40.0 Å². The van der Waals surface area contributed by atoms with Gasteiger partial charge < -0.3 is 15.4 Å². The molecular weight excluding hydrogens is 567 g/mol. The topological polar surface area (TPSA) is 154 Å². The molecule has 3 aromatic heterocycles. The molecule has 0 bridgehead atoms. The minimum atomic E-state index is -4.83. The molecule has 0 spiro atoms. The number of hydrogen-bond donors (Lipinski definition) is 2. The van der Waals surface area contributed by atoms with E-state index in [1.807, 2.05) is 0 Å². The quantitative estimate of drug-likeness (QED) is 0.181. The number of anilines is 2. The van der Waals surface area contributed by atoms with Crippen LogP contribution < -0.4 is 15.4 Å². The zero-order valence-electron chi connectivity index (χ0n) is 20.7. The maximum absolute atomic E-state index is 13.8. The number of nitro benzene ring substituents is 1. The number of aromatic nitrogens is 4. The first-order valence-electron chi connectivity index (χ1n) is 11.5. The van der Waals surface area contributed by atoms with E-state index in [1.54, 1.807) is 29.6 Å². The lowest BCUT2D eigenvalue weighted by molar-refractivity contribution is -0.384. The highest BCUT2D eigenvalue weighted by molar-refractivity contribution is 7.13. The van der Waals surface area contributed by atoms with Crippen molar-refractivity contribution in [3.63, 3.8) is 0 Å². The van der Waals surface area contributed by atoms with Crippen molar-refractivity contribution in [3.05, 3.63) is 87.7 Å². The van der Waals surface area contributed by atoms with Crippen molar-refractivity contribution >= 4 is 46.0 Å². The van der Waals surface area contributed by atoms with E-state index in [9.17, 15) is 32.9 Å². The summed E-state index contributed by atoms with van der Waals surface area (Å²) in [5.41, 5.74) is -1.21. The Balaban J connectivity index is 1.44. The predicted molar refractivity (Wildman–Crippen MR) is 141 cm³/mol. The summed E-state index contributed by atoms with van der Waals surface area (Å²) in [7, 11) is 0. The van der Waals surface area contributed by atoms with Gasteiger partial charge in [0.25, 0.3) is 17.4 Å². The number of thiophene rings is 1. The highest BCUT2D eigenvalue weighted by Crippen LogP contribution is 2.34. The number of fused-ring (bicyclic) bond motifs is 1. The Bertz CT molecular complexity index is 1790. The van der Waals surface area contributed by atoms with Crippen molar-refractivity contribution in [2.75, 3.05) is 10.6 Å². The SMILES string of the molecule is CC(=O)Nc1ccc(Oc2cc(NC(=O)c3nc4nc(-c5cccs5)cc(C(F)(F)F)n4n3)cc([N+](=O)[O-])c2)cc1. The first-order valence-corrected chi connectivity index (χ1v) is 12.4. The van der Waals surface area contributed by atoms with Gasteiger partial charge in [-0.25, -0.2) is 4.98 Å². The second-order valence-electron chi connectivity index (χ2n) is 8.38. The monoisotopic (exact) mass is 583 g/mol. The van der Waals surface area contributed by atoms with Gasteiger partial charge in [-0.2, -0.15) is 22.7 Å². The molecule has 0 unspecified atom stereocenters. The number of nitrogens with zero attached hydrogens (tertiary/aromatic N) is 5. The van der Waals surface area contributed by atoms with E-state index in [4.69, 9.17) is 4.74 Å². The third-order valence-corrected chi connectivity index (χ3v) is 6.24. The molecule has 0 aliphatic carbocycles. The normalized spacial score (nSPS) is 11.3. The van der Waals surface area contributed by atoms with Gasteiger partial charge in [0, 0.05) is 24.7 Å². The summed E-state index contributed by atoms with van der Waals surface area (Å²) in [5.74, 6) is -2.16. The molecule has 5 rings (SSSR count). The number of amides is 2. The lowest BCUT2D eigenvalue weighted by Gasteiger charge is -2.10. The van der Waals surface area contributed by atoms with Crippen LogP contribution in [0.25, 0.3) is 16.3 Å². The fraction of sp³-hybridized carbons (Fsp3) is 0.0800. The van der Waals surface area contributed by atoms with Gasteiger partial charge in [-0.3, -0.25) is 19.7 Å². The molecule has 0 atom stereocenters. The number of carbonyl (C=O) groups is 2. The summed E-state index contributed by atoms with van der Waals surface area (Å²) >= 11 is 1.18. The maximum Gasteiger partial charge on any atom is 0.433 e. The number of hydrogen-bond acceptors (Lipinski definition) is 9. The van der Waals surface area contributed by atoms with Gasteiger partial charge in [0.05, 0.1) is 27.2 Å². The zero-order chi connectivity index (χ0) is 29.3. The number of alkyl halides is 3. The maximum atomic E-state index is 13.8. The molecule has 0 saturated heterocycles. The van der Waals surface area contributed by atoms with Gasteiger partial charge in [-0.1, -0.05) is 6.07 Å². The Kier molecular flexibility index (Phi) is 7.06. The van der Waals surface area contributed by atoms with Crippen LogP contribution >= 0.6 is 11.3 Å². The third-order valence-electron chi connectivity index (χ3n) is 5.35. The summed E-state index contributed by atoms with van der Waals surface area (Å²) in [6.07, 6.45) is -4.83. The van der Waals surface area contributed by atoms with Crippen molar-refractivity contribution in [2.24, 2.45) is 0 Å². The van der Waals surface area contributed by atoms with Crippen molar-refractivity contribution < 1.29 is 32.4 Å². The number of carbonyl (C=O) groups excluding carboxylic acids is 2. The third kappa shape index (κ3) is 6.11. The highest BCUT2D eigenvalue weighted by atomic mass is 32.1. The molecule has 41 heavy (non-hydrogen) atoms. The van der Waals surface area contributed by atoms with Crippen LogP contribution in [0.5, 0.6) is 11.5 Å². The van der Waals surface area contributed by atoms with E-state index >= 15 is 0 Å². The average Bonchev–Trinajstić information content (AvgIpc) is 3.59. The van der Waals surface area contributed by atoms with Gasteiger partial charge in [-0.05, 0) is 41.8 Å². The van der Waals surface area contributed by atoms with Gasteiger partial charge in [0.2, 0.25) is 11.7 Å². The van der Waals surface area contributed by atoms with Crippen LogP contribution in [0.2, 0.25) is 0 Å². The molecule has 16 heteroatoms. The molecule has 12 nitrogen and oxygen atoms in total. The van der Waals surface area contributed by atoms with Crippen molar-refractivity contribution in [1.82, 2.24) is 19.6 Å². The second-order valence-corrected chi connectivity index (χ2v) is 9.33. The number of benzene rings is 2. The van der Waals surface area contributed by atoms with Crippen LogP contribution in [0.1, 0.15) is 23.2 Å². The summed E-state index contributed by atoms with van der Waals surface area (Å²) in [6, 6.07) is 13.6. The minimum absolute atomic E-state index is 0.00441. The van der Waals surface area contributed by atoms with Gasteiger partial charge in [0.1, 0.15) is 11.5 Å². The largest absolute Gasteiger partial charge is 0.457 e. The predicted octanol–water partition coefficient (Wildman–Crippen LogP) is 5.78. The van der Waals surface area contributed by atoms with Crippen LogP contribution in [0.3, 0.4) is 0 Å². The molecule has 3 heterocycles. The Morgan fingerprint density at radius 2 is 1.76 bits per heavy atom. The number of ether oxygens (including phenoxy) is 1. The zero-order valence-corrected chi connectivity index (χ0v) is 21.5. The van der Waals surface area contributed by atoms with E-state index in [1.165, 1.54) is 36.5 Å². The number of halogens is 3. The van der Waals surface area contributed by atoms with Crippen LogP contribution in [0, 0.1) is 10.1 Å². The van der Waals surface area contributed by atoms with E-state index in [-0.39, 0.29) is 28.8 Å². The number of nitrogens with one attached hydrogen (secondary N) is 2. The molecular formula is C25H16F3N7O5S. The highest BCUT2D eigenvalue weighted by Gasteiger charge is 2.36. The molecule has 0 fully saturated rings. The molecule has 0 saturated carbocycles. The molecule has 2 aromatic carbocycles. The second kappa shape index (κ2) is 10.6.